The number of aromatic nitrogens is 3. The fourth-order valence-corrected chi connectivity index (χ4v) is 2.00. The summed E-state index contributed by atoms with van der Waals surface area (Å²) in [6.07, 6.45) is 4.10. The van der Waals surface area contributed by atoms with Gasteiger partial charge in [-0.25, -0.2) is 0 Å². The van der Waals surface area contributed by atoms with Crippen LogP contribution in [0.5, 0.6) is 0 Å². The number of fused-ring (bicyclic) bond motifs is 1. The van der Waals surface area contributed by atoms with Gasteiger partial charge in [-0.05, 0) is 30.7 Å². The zero-order valence-corrected chi connectivity index (χ0v) is 10.9. The third kappa shape index (κ3) is 2.31. The van der Waals surface area contributed by atoms with E-state index in [2.05, 4.69) is 21.7 Å². The highest BCUT2D eigenvalue weighted by Gasteiger charge is 2.14. The van der Waals surface area contributed by atoms with E-state index >= 15 is 0 Å². The van der Waals surface area contributed by atoms with Crippen molar-refractivity contribution in [2.75, 3.05) is 0 Å². The van der Waals surface area contributed by atoms with E-state index in [0.717, 1.165) is 16.5 Å². The number of rotatable bonds is 4. The average Bonchev–Trinajstić information content (AvgIpc) is 2.97. The average molecular weight is 266 g/mol. The summed E-state index contributed by atoms with van der Waals surface area (Å²) in [6, 6.07) is 9.42. The second-order valence-corrected chi connectivity index (χ2v) is 4.50. The maximum absolute atomic E-state index is 5.91. The summed E-state index contributed by atoms with van der Waals surface area (Å²) >= 11 is 0. The summed E-state index contributed by atoms with van der Waals surface area (Å²) in [5.74, 6) is 0.955. The molecule has 0 aliphatic heterocycles. The molecule has 0 aliphatic rings. The number of nitrogens with two attached hydrogens (primary N) is 1. The highest BCUT2D eigenvalue weighted by molar-refractivity contribution is 5.82. The van der Waals surface area contributed by atoms with Crippen LogP contribution >= 0.6 is 0 Å². The van der Waals surface area contributed by atoms with Crippen LogP contribution < -0.4 is 5.73 Å². The smallest absolute Gasteiger partial charge is 0.244 e. The molecule has 5 heteroatoms. The standard InChI is InChI=1S/C15H14N4O/c1-2-4-12(16)15-18-14(19-20-15)11-6-7-13-10(9-11)5-3-8-17-13/h2-3,5-9,12H,1,4,16H2. The van der Waals surface area contributed by atoms with E-state index in [0.29, 0.717) is 18.1 Å². The Morgan fingerprint density at radius 2 is 2.25 bits per heavy atom. The molecule has 3 aromatic rings. The SMILES string of the molecule is C=CCC(N)c1nc(-c2ccc3ncccc3c2)no1. The zero-order chi connectivity index (χ0) is 13.9. The van der Waals surface area contributed by atoms with E-state index in [1.54, 1.807) is 12.3 Å². The highest BCUT2D eigenvalue weighted by atomic mass is 16.5. The maximum atomic E-state index is 5.91. The van der Waals surface area contributed by atoms with Gasteiger partial charge in [0.25, 0.3) is 0 Å². The molecule has 2 heterocycles. The molecule has 0 saturated carbocycles. The van der Waals surface area contributed by atoms with Crippen LogP contribution in [0.25, 0.3) is 22.3 Å². The molecular weight excluding hydrogens is 252 g/mol. The van der Waals surface area contributed by atoms with Gasteiger partial charge in [-0.3, -0.25) is 4.98 Å². The summed E-state index contributed by atoms with van der Waals surface area (Å²) in [7, 11) is 0. The van der Waals surface area contributed by atoms with Crippen molar-refractivity contribution in [2.45, 2.75) is 12.5 Å². The Labute approximate surface area is 116 Å². The molecule has 0 saturated heterocycles. The van der Waals surface area contributed by atoms with E-state index in [-0.39, 0.29) is 6.04 Å². The van der Waals surface area contributed by atoms with E-state index in [9.17, 15) is 0 Å². The van der Waals surface area contributed by atoms with Gasteiger partial charge in [0.2, 0.25) is 11.7 Å². The molecule has 0 aliphatic carbocycles. The fourth-order valence-electron chi connectivity index (χ4n) is 2.00. The minimum atomic E-state index is -0.309. The predicted molar refractivity (Wildman–Crippen MR) is 76.8 cm³/mol. The third-order valence-electron chi connectivity index (χ3n) is 3.04. The molecule has 2 N–H and O–H groups in total. The Hall–Kier alpha value is -2.53. The Balaban J connectivity index is 1.96. The number of nitrogens with zero attached hydrogens (tertiary/aromatic N) is 3. The summed E-state index contributed by atoms with van der Waals surface area (Å²) in [5.41, 5.74) is 7.72. The molecular formula is C15H14N4O. The lowest BCUT2D eigenvalue weighted by molar-refractivity contribution is 0.356. The molecule has 20 heavy (non-hydrogen) atoms. The zero-order valence-electron chi connectivity index (χ0n) is 10.9. The van der Waals surface area contributed by atoms with Crippen LogP contribution in [0.2, 0.25) is 0 Å². The number of hydrogen-bond donors (Lipinski definition) is 1. The lowest BCUT2D eigenvalue weighted by Gasteiger charge is -2.00. The van der Waals surface area contributed by atoms with Crippen LogP contribution in [0, 0.1) is 0 Å². The van der Waals surface area contributed by atoms with Crippen molar-refractivity contribution in [1.29, 1.82) is 0 Å². The molecule has 1 unspecified atom stereocenters. The number of benzene rings is 1. The Morgan fingerprint density at radius 1 is 1.35 bits per heavy atom. The highest BCUT2D eigenvalue weighted by Crippen LogP contribution is 2.22. The maximum Gasteiger partial charge on any atom is 0.244 e. The van der Waals surface area contributed by atoms with Crippen LogP contribution in [-0.2, 0) is 0 Å². The van der Waals surface area contributed by atoms with Gasteiger partial charge in [0, 0.05) is 17.1 Å². The third-order valence-corrected chi connectivity index (χ3v) is 3.04. The van der Waals surface area contributed by atoms with Crippen molar-refractivity contribution in [3.05, 3.63) is 55.1 Å². The summed E-state index contributed by atoms with van der Waals surface area (Å²) in [6.45, 7) is 3.65. The molecule has 0 spiro atoms. The lowest BCUT2D eigenvalue weighted by atomic mass is 10.1. The Kier molecular flexibility index (Phi) is 3.26. The first-order valence-electron chi connectivity index (χ1n) is 6.33. The van der Waals surface area contributed by atoms with Crippen molar-refractivity contribution in [1.82, 2.24) is 15.1 Å². The Morgan fingerprint density at radius 3 is 3.10 bits per heavy atom. The molecule has 0 radical (unpaired) electrons. The van der Waals surface area contributed by atoms with Gasteiger partial charge >= 0.3 is 0 Å². The van der Waals surface area contributed by atoms with Crippen LogP contribution in [0.4, 0.5) is 0 Å². The van der Waals surface area contributed by atoms with E-state index in [4.69, 9.17) is 10.3 Å². The number of pyridine rings is 1. The first-order valence-corrected chi connectivity index (χ1v) is 6.33. The second-order valence-electron chi connectivity index (χ2n) is 4.50. The predicted octanol–water partition coefficient (Wildman–Crippen LogP) is 2.86. The van der Waals surface area contributed by atoms with Crippen LogP contribution in [0.1, 0.15) is 18.4 Å². The molecule has 0 amide bonds. The molecule has 100 valence electrons. The quantitative estimate of drug-likeness (QED) is 0.735. The molecule has 0 bridgehead atoms. The van der Waals surface area contributed by atoms with Crippen molar-refractivity contribution in [3.8, 4) is 11.4 Å². The monoisotopic (exact) mass is 266 g/mol. The van der Waals surface area contributed by atoms with E-state index in [1.807, 2.05) is 30.3 Å². The number of hydrogen-bond acceptors (Lipinski definition) is 5. The minimum Gasteiger partial charge on any atom is -0.337 e. The largest absolute Gasteiger partial charge is 0.337 e. The van der Waals surface area contributed by atoms with Gasteiger partial charge < -0.3 is 10.3 Å². The van der Waals surface area contributed by atoms with Crippen molar-refractivity contribution in [2.24, 2.45) is 5.73 Å². The molecule has 1 aromatic carbocycles. The van der Waals surface area contributed by atoms with Crippen molar-refractivity contribution in [3.63, 3.8) is 0 Å². The van der Waals surface area contributed by atoms with Crippen molar-refractivity contribution < 1.29 is 4.52 Å². The minimum absolute atomic E-state index is 0.309. The molecule has 3 rings (SSSR count). The van der Waals surface area contributed by atoms with Crippen LogP contribution in [0.3, 0.4) is 0 Å². The van der Waals surface area contributed by atoms with Crippen molar-refractivity contribution >= 4 is 10.9 Å². The van der Waals surface area contributed by atoms with E-state index < -0.39 is 0 Å². The first-order chi connectivity index (χ1) is 9.78. The molecule has 1 atom stereocenters. The first kappa shape index (κ1) is 12.5. The van der Waals surface area contributed by atoms with Gasteiger partial charge in [0.1, 0.15) is 0 Å². The van der Waals surface area contributed by atoms with Crippen LogP contribution in [-0.4, -0.2) is 15.1 Å². The normalized spacial score (nSPS) is 12.4. The Bertz CT molecular complexity index is 750. The van der Waals surface area contributed by atoms with Gasteiger partial charge in [-0.1, -0.05) is 17.3 Å². The van der Waals surface area contributed by atoms with Gasteiger partial charge in [0.15, 0.2) is 0 Å². The lowest BCUT2D eigenvalue weighted by Crippen LogP contribution is -2.09. The van der Waals surface area contributed by atoms with Gasteiger partial charge in [-0.15, -0.1) is 6.58 Å². The second kappa shape index (κ2) is 5.22. The fraction of sp³-hybridized carbons (Fsp3) is 0.133. The molecule has 2 aromatic heterocycles. The summed E-state index contributed by atoms with van der Waals surface area (Å²) in [4.78, 5) is 8.61. The van der Waals surface area contributed by atoms with E-state index in [1.165, 1.54) is 0 Å². The topological polar surface area (TPSA) is 77.8 Å². The van der Waals surface area contributed by atoms with Crippen LogP contribution in [0.15, 0.2) is 53.7 Å². The molecule has 0 fully saturated rings. The van der Waals surface area contributed by atoms with Gasteiger partial charge in [0.05, 0.1) is 11.6 Å². The summed E-state index contributed by atoms with van der Waals surface area (Å²) < 4.78 is 5.20. The summed E-state index contributed by atoms with van der Waals surface area (Å²) in [5, 5.41) is 5.01. The van der Waals surface area contributed by atoms with Gasteiger partial charge in [-0.2, -0.15) is 4.98 Å². The molecule has 5 nitrogen and oxygen atoms in total.